The van der Waals surface area contributed by atoms with Crippen molar-refractivity contribution in [1.29, 1.82) is 0 Å². The summed E-state index contributed by atoms with van der Waals surface area (Å²) < 4.78 is 14.3. The fourth-order valence-corrected chi connectivity index (χ4v) is 15.4. The van der Waals surface area contributed by atoms with Gasteiger partial charge in [-0.25, -0.2) is 0 Å². The molecule has 3 aromatic carbocycles. The lowest BCUT2D eigenvalue weighted by Gasteiger charge is -2.52. The molecule has 0 N–H and O–H groups in total. The second-order valence-electron chi connectivity index (χ2n) is 13.6. The molecule has 0 radical (unpaired) electrons. The smallest absolute Gasteiger partial charge is 0.192 e. The van der Waals surface area contributed by atoms with Gasteiger partial charge in [0.1, 0.15) is 28.8 Å². The Morgan fingerprint density at radius 2 is 1.25 bits per heavy atom. The number of allylic oxidation sites excluding steroid dienone is 3. The molecule has 0 saturated carbocycles. The number of hydrogen-bond acceptors (Lipinski definition) is 2. The Kier molecular flexibility index (Phi) is 10.9. The van der Waals surface area contributed by atoms with Gasteiger partial charge in [-0.2, -0.15) is 0 Å². The van der Waals surface area contributed by atoms with Crippen LogP contribution in [-0.2, 0) is 9.16 Å². The van der Waals surface area contributed by atoms with Crippen LogP contribution in [0.15, 0.2) is 115 Å². The Morgan fingerprint density at radius 3 is 1.66 bits per heavy atom. The van der Waals surface area contributed by atoms with Crippen LogP contribution in [0.2, 0.25) is 18.1 Å². The molecule has 0 aromatic heterocycles. The van der Waals surface area contributed by atoms with Crippen molar-refractivity contribution < 1.29 is 21.6 Å². The predicted molar refractivity (Wildman–Crippen MR) is 190 cm³/mol. The fraction of sp³-hybridized carbons (Fsp3) is 0.436. The summed E-state index contributed by atoms with van der Waals surface area (Å²) in [7, 11) is -3.76. The summed E-state index contributed by atoms with van der Waals surface area (Å²) in [5, 5.41) is 4.25. The molecule has 44 heavy (non-hydrogen) atoms. The van der Waals surface area contributed by atoms with E-state index in [-0.39, 0.29) is 29.5 Å². The summed E-state index contributed by atoms with van der Waals surface area (Å²) in [4.78, 5) is 0. The number of rotatable bonds is 12. The Labute approximate surface area is 275 Å². The topological polar surface area (TPSA) is 18.5 Å². The third kappa shape index (κ3) is 6.08. The first-order valence-corrected chi connectivity index (χ1v) is 20.9. The highest BCUT2D eigenvalue weighted by Gasteiger charge is 2.69. The molecular formula is C39H52ClO2PSi. The third-order valence-corrected chi connectivity index (χ3v) is 19.8. The maximum atomic E-state index is 7.38. The standard InChI is InChI=1S/C39H52O2PSi.ClH/c1-8-43(9-2,10-3)41-38(7)31-33-30-37(5,6)39(38,40-33)28-26-32(4)27-29-42(34-20-14-11-15-21-34,35-22-16-12-17-23-35)36-24-18-13-19-25-36;/h11-28,33H,8-10,29-31H2,1-7H3;1H/q+1;/p-1/b28-26+,32-27+;/t33-,38+,39+;/m0./s1. The van der Waals surface area contributed by atoms with E-state index in [4.69, 9.17) is 9.16 Å². The Bertz CT molecular complexity index is 1320. The fourth-order valence-electron chi connectivity index (χ4n) is 8.14. The highest BCUT2D eigenvalue weighted by molar-refractivity contribution is 7.95. The summed E-state index contributed by atoms with van der Waals surface area (Å²) in [5.74, 6) is 0. The lowest BCUT2D eigenvalue weighted by atomic mass is 9.61. The first-order valence-electron chi connectivity index (χ1n) is 16.4. The SMILES string of the molecule is CC[Si](CC)(CC)O[C@]1(C)C[C@@H]2CC(C)(C)[C@@]1(/C=C/C(C)=C/C[P+](c1ccccc1)(c1ccccc1)c1ccccc1)O2.[Cl-]. The Hall–Kier alpha value is -2.00. The zero-order chi connectivity index (χ0) is 30.8. The molecule has 2 fully saturated rings. The van der Waals surface area contributed by atoms with Crippen LogP contribution in [-0.4, -0.2) is 31.8 Å². The minimum Gasteiger partial charge on any atom is -1.00 e. The Balaban J connectivity index is 0.00000442. The van der Waals surface area contributed by atoms with Gasteiger partial charge in [-0.15, -0.1) is 0 Å². The van der Waals surface area contributed by atoms with Gasteiger partial charge in [0.2, 0.25) is 0 Å². The average molecular weight is 647 g/mol. The molecule has 2 nitrogen and oxygen atoms in total. The van der Waals surface area contributed by atoms with Gasteiger partial charge < -0.3 is 21.6 Å². The summed E-state index contributed by atoms with van der Waals surface area (Å²) in [6.45, 7) is 16.4. The van der Waals surface area contributed by atoms with Gasteiger partial charge in [-0.3, -0.25) is 0 Å². The van der Waals surface area contributed by atoms with Crippen LogP contribution >= 0.6 is 7.26 Å². The zero-order valence-electron chi connectivity index (χ0n) is 27.9. The van der Waals surface area contributed by atoms with E-state index in [1.54, 1.807) is 0 Å². The van der Waals surface area contributed by atoms with Gasteiger partial charge in [-0.1, -0.05) is 101 Å². The highest BCUT2D eigenvalue weighted by Crippen LogP contribution is 2.63. The van der Waals surface area contributed by atoms with E-state index in [9.17, 15) is 0 Å². The molecule has 2 saturated heterocycles. The van der Waals surface area contributed by atoms with E-state index < -0.39 is 21.2 Å². The molecule has 0 aliphatic carbocycles. The normalized spacial score (nSPS) is 24.9. The molecule has 2 bridgehead atoms. The summed E-state index contributed by atoms with van der Waals surface area (Å²) in [5.41, 5.74) is 0.552. The number of benzene rings is 3. The molecule has 0 unspecified atom stereocenters. The molecule has 5 rings (SSSR count). The largest absolute Gasteiger partial charge is 1.00 e. The molecule has 3 atom stereocenters. The molecule has 2 aliphatic heterocycles. The van der Waals surface area contributed by atoms with Crippen LogP contribution in [0.5, 0.6) is 0 Å². The number of halogens is 1. The summed E-state index contributed by atoms with van der Waals surface area (Å²) >= 11 is 0. The lowest BCUT2D eigenvalue weighted by molar-refractivity contribution is -0.106. The van der Waals surface area contributed by atoms with Crippen LogP contribution in [0.25, 0.3) is 0 Å². The molecule has 2 aliphatic rings. The predicted octanol–water partition coefficient (Wildman–Crippen LogP) is 6.23. The lowest BCUT2D eigenvalue weighted by Crippen LogP contribution is -3.00. The van der Waals surface area contributed by atoms with Crippen molar-refractivity contribution in [2.45, 2.75) is 96.7 Å². The summed E-state index contributed by atoms with van der Waals surface area (Å²) in [6, 6.07) is 36.9. The van der Waals surface area contributed by atoms with Crippen molar-refractivity contribution in [1.82, 2.24) is 0 Å². The van der Waals surface area contributed by atoms with E-state index in [2.05, 4.69) is 158 Å². The van der Waals surface area contributed by atoms with E-state index in [1.165, 1.54) is 21.5 Å². The summed E-state index contributed by atoms with van der Waals surface area (Å²) in [6.07, 6.45) is 10.5. The van der Waals surface area contributed by atoms with Crippen molar-refractivity contribution >= 4 is 31.5 Å². The van der Waals surface area contributed by atoms with Crippen LogP contribution in [0.1, 0.15) is 61.3 Å². The second-order valence-corrected chi connectivity index (χ2v) is 21.8. The van der Waals surface area contributed by atoms with Crippen LogP contribution in [0, 0.1) is 5.41 Å². The van der Waals surface area contributed by atoms with Gasteiger partial charge >= 0.3 is 0 Å². The zero-order valence-corrected chi connectivity index (χ0v) is 30.5. The van der Waals surface area contributed by atoms with Crippen LogP contribution in [0.4, 0.5) is 0 Å². The molecule has 5 heteroatoms. The maximum Gasteiger partial charge on any atom is 0.192 e. The van der Waals surface area contributed by atoms with Crippen LogP contribution in [0.3, 0.4) is 0 Å². The number of ether oxygens (including phenoxy) is 1. The van der Waals surface area contributed by atoms with Crippen molar-refractivity contribution in [3.63, 3.8) is 0 Å². The second kappa shape index (κ2) is 13.8. The quantitative estimate of drug-likeness (QED) is 0.132. The number of hydrogen-bond donors (Lipinski definition) is 0. The molecule has 236 valence electrons. The van der Waals surface area contributed by atoms with Gasteiger partial charge in [-0.05, 0) is 87.0 Å². The molecule has 3 aromatic rings. The molecule has 0 amide bonds. The van der Waals surface area contributed by atoms with E-state index in [0.717, 1.165) is 37.1 Å². The van der Waals surface area contributed by atoms with E-state index in [0.29, 0.717) is 0 Å². The first kappa shape index (κ1) is 34.9. The van der Waals surface area contributed by atoms with E-state index >= 15 is 0 Å². The van der Waals surface area contributed by atoms with Crippen molar-refractivity contribution in [3.8, 4) is 0 Å². The third-order valence-electron chi connectivity index (χ3n) is 10.7. The van der Waals surface area contributed by atoms with Gasteiger partial charge in [0.25, 0.3) is 0 Å². The monoisotopic (exact) mass is 646 g/mol. The van der Waals surface area contributed by atoms with Crippen LogP contribution < -0.4 is 28.3 Å². The van der Waals surface area contributed by atoms with Crippen molar-refractivity contribution in [2.75, 3.05) is 6.16 Å². The Morgan fingerprint density at radius 1 is 0.795 bits per heavy atom. The minimum absolute atomic E-state index is 0. The van der Waals surface area contributed by atoms with Gasteiger partial charge in [0.15, 0.2) is 8.32 Å². The maximum absolute atomic E-state index is 7.38. The average Bonchev–Trinajstić information content (AvgIpc) is 3.46. The van der Waals surface area contributed by atoms with Gasteiger partial charge in [0.05, 0.1) is 17.9 Å². The molecule has 0 spiro atoms. The number of fused-ring (bicyclic) bond motifs is 2. The van der Waals surface area contributed by atoms with Gasteiger partial charge in [0, 0.05) is 11.8 Å². The van der Waals surface area contributed by atoms with Crippen molar-refractivity contribution in [3.05, 3.63) is 115 Å². The molecular weight excluding hydrogens is 595 g/mol. The minimum atomic E-state index is -1.92. The van der Waals surface area contributed by atoms with E-state index in [1.807, 2.05) is 0 Å². The highest BCUT2D eigenvalue weighted by atomic mass is 35.5. The van der Waals surface area contributed by atoms with Crippen molar-refractivity contribution in [2.24, 2.45) is 5.41 Å². The first-order chi connectivity index (χ1) is 20.6. The molecule has 2 heterocycles.